The fraction of sp³-hybridized carbons (Fsp3) is 0.125. The van der Waals surface area contributed by atoms with Crippen molar-refractivity contribution in [2.24, 2.45) is 0 Å². The Kier molecular flexibility index (Phi) is 5.59. The molecule has 0 radical (unpaired) electrons. The van der Waals surface area contributed by atoms with Crippen LogP contribution in [-0.2, 0) is 17.8 Å². The van der Waals surface area contributed by atoms with Crippen LogP contribution in [0.15, 0.2) is 66.7 Å². The van der Waals surface area contributed by atoms with Gasteiger partial charge in [0.2, 0.25) is 5.91 Å². The van der Waals surface area contributed by atoms with Gasteiger partial charge >= 0.3 is 5.97 Å². The average Bonchev–Trinajstić information content (AvgIpc) is 3.14. The van der Waals surface area contributed by atoms with E-state index in [0.29, 0.717) is 0 Å². The van der Waals surface area contributed by atoms with Gasteiger partial charge in [0.15, 0.2) is 0 Å². The number of carboxylic acids is 1. The SMILES string of the molecule is Cc1ccc(-c2ccc3nc(CC(=O)NCc4cccc(C(=O)O)c4)sc3c2)cc1. The highest BCUT2D eigenvalue weighted by Crippen LogP contribution is 2.28. The van der Waals surface area contributed by atoms with E-state index in [4.69, 9.17) is 5.11 Å². The molecule has 4 aromatic rings. The molecule has 0 fully saturated rings. The van der Waals surface area contributed by atoms with Crippen LogP contribution in [0.4, 0.5) is 0 Å². The average molecular weight is 417 g/mol. The van der Waals surface area contributed by atoms with Gasteiger partial charge in [-0.3, -0.25) is 4.79 Å². The normalized spacial score (nSPS) is 10.8. The number of carbonyl (C=O) groups excluding carboxylic acids is 1. The van der Waals surface area contributed by atoms with E-state index in [-0.39, 0.29) is 24.4 Å². The van der Waals surface area contributed by atoms with Gasteiger partial charge in [0.25, 0.3) is 0 Å². The van der Waals surface area contributed by atoms with Crippen molar-refractivity contribution < 1.29 is 14.7 Å². The standard InChI is InChI=1S/C24H20N2O3S/c1-15-5-7-17(8-6-15)18-9-10-20-21(12-18)30-23(26-20)13-22(27)25-14-16-3-2-4-19(11-16)24(28)29/h2-12H,13-14H2,1H3,(H,25,27)(H,28,29). The molecule has 0 bridgehead atoms. The molecule has 1 amide bonds. The van der Waals surface area contributed by atoms with Crippen LogP contribution in [0, 0.1) is 6.92 Å². The molecule has 0 aliphatic rings. The number of rotatable bonds is 6. The van der Waals surface area contributed by atoms with Gasteiger partial charge in [0.1, 0.15) is 5.01 Å². The van der Waals surface area contributed by atoms with E-state index in [1.54, 1.807) is 18.2 Å². The highest BCUT2D eigenvalue weighted by atomic mass is 32.1. The summed E-state index contributed by atoms with van der Waals surface area (Å²) < 4.78 is 1.05. The Morgan fingerprint density at radius 2 is 1.77 bits per heavy atom. The van der Waals surface area contributed by atoms with Crippen LogP contribution < -0.4 is 5.32 Å². The zero-order valence-electron chi connectivity index (χ0n) is 16.4. The lowest BCUT2D eigenvalue weighted by Crippen LogP contribution is -2.24. The van der Waals surface area contributed by atoms with Crippen LogP contribution in [0.1, 0.15) is 26.5 Å². The fourth-order valence-corrected chi connectivity index (χ4v) is 4.19. The molecule has 0 aliphatic heterocycles. The lowest BCUT2D eigenvalue weighted by Gasteiger charge is -2.05. The molecule has 0 spiro atoms. The summed E-state index contributed by atoms with van der Waals surface area (Å²) in [5.74, 6) is -1.13. The number of thiazole rings is 1. The van der Waals surface area contributed by atoms with E-state index in [0.717, 1.165) is 31.9 Å². The summed E-state index contributed by atoms with van der Waals surface area (Å²) in [6.45, 7) is 2.35. The van der Waals surface area contributed by atoms with Gasteiger partial charge in [-0.2, -0.15) is 0 Å². The number of hydrogen-bond donors (Lipinski definition) is 2. The van der Waals surface area contributed by atoms with Crippen molar-refractivity contribution in [2.45, 2.75) is 19.9 Å². The molecule has 0 aliphatic carbocycles. The summed E-state index contributed by atoms with van der Waals surface area (Å²) in [4.78, 5) is 28.0. The van der Waals surface area contributed by atoms with Crippen molar-refractivity contribution in [3.63, 3.8) is 0 Å². The first kappa shape index (κ1) is 19.8. The summed E-state index contributed by atoms with van der Waals surface area (Å²) in [5.41, 5.74) is 5.33. The first-order valence-corrected chi connectivity index (χ1v) is 10.3. The number of nitrogens with zero attached hydrogens (tertiary/aromatic N) is 1. The highest BCUT2D eigenvalue weighted by Gasteiger charge is 2.11. The van der Waals surface area contributed by atoms with Crippen LogP contribution >= 0.6 is 11.3 Å². The molecule has 3 aromatic carbocycles. The van der Waals surface area contributed by atoms with Gasteiger partial charge in [-0.1, -0.05) is 48.0 Å². The molecule has 5 nitrogen and oxygen atoms in total. The maximum Gasteiger partial charge on any atom is 0.335 e. The van der Waals surface area contributed by atoms with Crippen LogP contribution in [0.3, 0.4) is 0 Å². The molecular formula is C24H20N2O3S. The second kappa shape index (κ2) is 8.47. The van der Waals surface area contributed by atoms with Gasteiger partial charge in [-0.15, -0.1) is 11.3 Å². The number of fused-ring (bicyclic) bond motifs is 1. The third-order valence-electron chi connectivity index (χ3n) is 4.79. The number of hydrogen-bond acceptors (Lipinski definition) is 4. The quantitative estimate of drug-likeness (QED) is 0.472. The summed E-state index contributed by atoms with van der Waals surface area (Å²) in [6.07, 6.45) is 0.192. The topological polar surface area (TPSA) is 79.3 Å². The molecule has 0 unspecified atom stereocenters. The van der Waals surface area contributed by atoms with Crippen molar-refractivity contribution in [3.05, 3.63) is 88.4 Å². The minimum atomic E-state index is -0.984. The van der Waals surface area contributed by atoms with Crippen molar-refractivity contribution in [1.29, 1.82) is 0 Å². The molecule has 30 heavy (non-hydrogen) atoms. The number of nitrogens with one attached hydrogen (secondary N) is 1. The van der Waals surface area contributed by atoms with Crippen molar-refractivity contribution in [1.82, 2.24) is 10.3 Å². The number of aromatic nitrogens is 1. The van der Waals surface area contributed by atoms with E-state index in [9.17, 15) is 9.59 Å². The summed E-state index contributed by atoms with van der Waals surface area (Å²) in [7, 11) is 0. The van der Waals surface area contributed by atoms with Crippen LogP contribution in [0.2, 0.25) is 0 Å². The van der Waals surface area contributed by atoms with E-state index in [2.05, 4.69) is 47.6 Å². The second-order valence-corrected chi connectivity index (χ2v) is 8.23. The predicted molar refractivity (Wildman–Crippen MR) is 119 cm³/mol. The maximum atomic E-state index is 12.3. The fourth-order valence-electron chi connectivity index (χ4n) is 3.19. The molecule has 0 saturated carbocycles. The predicted octanol–water partition coefficient (Wildman–Crippen LogP) is 4.83. The first-order chi connectivity index (χ1) is 14.5. The largest absolute Gasteiger partial charge is 0.478 e. The minimum absolute atomic E-state index is 0.145. The van der Waals surface area contributed by atoms with Gasteiger partial charge in [-0.05, 0) is 47.9 Å². The van der Waals surface area contributed by atoms with Crippen LogP contribution in [0.25, 0.3) is 21.3 Å². The maximum absolute atomic E-state index is 12.3. The number of carboxylic acid groups (broad SMARTS) is 1. The number of carbonyl (C=O) groups is 2. The lowest BCUT2D eigenvalue weighted by atomic mass is 10.0. The lowest BCUT2D eigenvalue weighted by molar-refractivity contribution is -0.120. The Morgan fingerprint density at radius 1 is 1.00 bits per heavy atom. The Morgan fingerprint density at radius 3 is 2.53 bits per heavy atom. The Balaban J connectivity index is 1.43. The van der Waals surface area contributed by atoms with Gasteiger partial charge in [0, 0.05) is 6.54 Å². The van der Waals surface area contributed by atoms with E-state index < -0.39 is 5.97 Å². The number of amides is 1. The Labute approximate surface area is 178 Å². The minimum Gasteiger partial charge on any atom is -0.478 e. The number of aromatic carboxylic acids is 1. The molecule has 150 valence electrons. The van der Waals surface area contributed by atoms with E-state index in [1.165, 1.54) is 23.0 Å². The van der Waals surface area contributed by atoms with Gasteiger partial charge < -0.3 is 10.4 Å². The van der Waals surface area contributed by atoms with Crippen LogP contribution in [-0.4, -0.2) is 22.0 Å². The third kappa shape index (κ3) is 4.55. The summed E-state index contributed by atoms with van der Waals surface area (Å²) >= 11 is 1.52. The summed E-state index contributed by atoms with van der Waals surface area (Å²) in [5, 5.41) is 12.6. The highest BCUT2D eigenvalue weighted by molar-refractivity contribution is 7.18. The van der Waals surface area contributed by atoms with Gasteiger partial charge in [0.05, 0.1) is 22.2 Å². The number of benzene rings is 3. The van der Waals surface area contributed by atoms with E-state index in [1.807, 2.05) is 12.1 Å². The smallest absolute Gasteiger partial charge is 0.335 e. The second-order valence-electron chi connectivity index (χ2n) is 7.12. The summed E-state index contributed by atoms with van der Waals surface area (Å²) in [6, 6.07) is 21.1. The zero-order chi connectivity index (χ0) is 21.1. The first-order valence-electron chi connectivity index (χ1n) is 9.53. The molecule has 0 saturated heterocycles. The van der Waals surface area contributed by atoms with Gasteiger partial charge in [-0.25, -0.2) is 9.78 Å². The molecule has 1 heterocycles. The van der Waals surface area contributed by atoms with Crippen molar-refractivity contribution in [2.75, 3.05) is 0 Å². The molecule has 6 heteroatoms. The molecule has 2 N–H and O–H groups in total. The van der Waals surface area contributed by atoms with Crippen LogP contribution in [0.5, 0.6) is 0 Å². The Hall–Kier alpha value is -3.51. The molecule has 0 atom stereocenters. The monoisotopic (exact) mass is 416 g/mol. The molecular weight excluding hydrogens is 396 g/mol. The molecule has 4 rings (SSSR count). The van der Waals surface area contributed by atoms with E-state index >= 15 is 0 Å². The van der Waals surface area contributed by atoms with Crippen molar-refractivity contribution >= 4 is 33.4 Å². The zero-order valence-corrected chi connectivity index (χ0v) is 17.2. The third-order valence-corrected chi connectivity index (χ3v) is 5.81. The number of aryl methyl sites for hydroxylation is 1. The molecule has 1 aromatic heterocycles. The Bertz CT molecular complexity index is 1230. The van der Waals surface area contributed by atoms with Crippen molar-refractivity contribution in [3.8, 4) is 11.1 Å².